The zero-order valence-electron chi connectivity index (χ0n) is 52.5. The Morgan fingerprint density at radius 2 is 0.488 bits per heavy atom. The zero-order chi connectivity index (χ0) is 60.5. The second-order valence-electron chi connectivity index (χ2n) is 22.8. The largest absolute Gasteiger partial charge is 0.472 e. The molecular formula is C63H122O17P2. The fourth-order valence-corrected chi connectivity index (χ4v) is 11.0. The molecule has 0 saturated carbocycles. The van der Waals surface area contributed by atoms with Crippen LogP contribution in [0.3, 0.4) is 0 Å². The molecule has 19 heteroatoms. The van der Waals surface area contributed by atoms with Gasteiger partial charge in [-0.25, -0.2) is 9.13 Å². The van der Waals surface area contributed by atoms with Crippen molar-refractivity contribution in [1.82, 2.24) is 0 Å². The van der Waals surface area contributed by atoms with Gasteiger partial charge in [-0.15, -0.1) is 0 Å². The van der Waals surface area contributed by atoms with E-state index in [1.54, 1.807) is 0 Å². The summed E-state index contributed by atoms with van der Waals surface area (Å²) in [5.74, 6) is -2.15. The van der Waals surface area contributed by atoms with Gasteiger partial charge in [0.15, 0.2) is 12.2 Å². The Morgan fingerprint density at radius 3 is 0.720 bits per heavy atom. The standard InChI is InChI=1S/C63H122O17P2/c1-5-9-13-17-20-23-24-25-26-27-28-29-30-31-32-35-38-42-46-50-63(68)80-59(54-74-61(66)48-44-40-36-33-21-18-14-10-6-2)56-78-82(71,72)76-52-57(64)51-75-81(69,70)77-55-58(53-73-60(65)47-43-39-16-12-8-4)79-62(67)49-45-41-37-34-22-19-15-11-7-3/h57-59,64H,5-56H2,1-4H3,(H,69,70)(H,71,72)/t57-,58+,59+/m0/s1. The Morgan fingerprint density at radius 1 is 0.293 bits per heavy atom. The number of hydrogen-bond acceptors (Lipinski definition) is 15. The first kappa shape index (κ1) is 80.1. The third-order valence-electron chi connectivity index (χ3n) is 14.6. The monoisotopic (exact) mass is 1210 g/mol. The molecule has 0 aromatic carbocycles. The molecule has 0 aromatic heterocycles. The minimum absolute atomic E-state index is 0.105. The molecule has 0 aliphatic rings. The van der Waals surface area contributed by atoms with Gasteiger partial charge in [0.2, 0.25) is 0 Å². The molecule has 0 spiro atoms. The third kappa shape index (κ3) is 57.2. The number of aliphatic hydroxyl groups is 1. The molecule has 17 nitrogen and oxygen atoms in total. The molecule has 5 atom stereocenters. The number of carbonyl (C=O) groups is 4. The van der Waals surface area contributed by atoms with Crippen molar-refractivity contribution in [3.63, 3.8) is 0 Å². The third-order valence-corrected chi connectivity index (χ3v) is 16.5. The van der Waals surface area contributed by atoms with Crippen LogP contribution in [0, 0.1) is 0 Å². The van der Waals surface area contributed by atoms with E-state index in [2.05, 4.69) is 27.7 Å². The number of unbranched alkanes of at least 4 members (excludes halogenated alkanes) is 38. The van der Waals surface area contributed by atoms with Gasteiger partial charge >= 0.3 is 39.5 Å². The molecule has 0 fully saturated rings. The normalized spacial score (nSPS) is 14.2. The predicted molar refractivity (Wildman–Crippen MR) is 326 cm³/mol. The number of ether oxygens (including phenoxy) is 4. The van der Waals surface area contributed by atoms with Crippen molar-refractivity contribution in [2.75, 3.05) is 39.6 Å². The van der Waals surface area contributed by atoms with Crippen LogP contribution in [0.2, 0.25) is 0 Å². The lowest BCUT2D eigenvalue weighted by Gasteiger charge is -2.21. The molecule has 3 N–H and O–H groups in total. The van der Waals surface area contributed by atoms with Crippen molar-refractivity contribution in [2.45, 2.75) is 341 Å². The maximum atomic E-state index is 13.0. The number of hydrogen-bond donors (Lipinski definition) is 3. The molecule has 486 valence electrons. The summed E-state index contributed by atoms with van der Waals surface area (Å²) in [5.41, 5.74) is 0. The molecule has 2 unspecified atom stereocenters. The van der Waals surface area contributed by atoms with E-state index in [0.29, 0.717) is 25.7 Å². The zero-order valence-corrected chi connectivity index (χ0v) is 54.2. The lowest BCUT2D eigenvalue weighted by Crippen LogP contribution is -2.30. The Balaban J connectivity index is 5.08. The molecular weight excluding hydrogens is 1090 g/mol. The van der Waals surface area contributed by atoms with Crippen LogP contribution in [0.4, 0.5) is 0 Å². The van der Waals surface area contributed by atoms with Gasteiger partial charge in [-0.2, -0.15) is 0 Å². The summed E-state index contributed by atoms with van der Waals surface area (Å²) in [6.07, 6.45) is 43.6. The molecule has 0 amide bonds. The molecule has 82 heavy (non-hydrogen) atoms. The average molecular weight is 1210 g/mol. The van der Waals surface area contributed by atoms with Crippen molar-refractivity contribution in [3.05, 3.63) is 0 Å². The Hall–Kier alpha value is -1.94. The first-order valence-electron chi connectivity index (χ1n) is 33.3. The van der Waals surface area contributed by atoms with Crippen LogP contribution in [0.5, 0.6) is 0 Å². The van der Waals surface area contributed by atoms with E-state index in [-0.39, 0.29) is 25.7 Å². The highest BCUT2D eigenvalue weighted by Crippen LogP contribution is 2.45. The van der Waals surface area contributed by atoms with Crippen LogP contribution in [-0.2, 0) is 65.4 Å². The van der Waals surface area contributed by atoms with Gasteiger partial charge < -0.3 is 33.8 Å². The van der Waals surface area contributed by atoms with Gasteiger partial charge in [-0.3, -0.25) is 37.3 Å². The minimum Gasteiger partial charge on any atom is -0.462 e. The molecule has 0 saturated heterocycles. The quantitative estimate of drug-likeness (QED) is 0.0222. The maximum absolute atomic E-state index is 13.0. The van der Waals surface area contributed by atoms with E-state index in [0.717, 1.165) is 96.3 Å². The molecule has 0 bridgehead atoms. The van der Waals surface area contributed by atoms with Crippen molar-refractivity contribution in [2.24, 2.45) is 0 Å². The van der Waals surface area contributed by atoms with Crippen molar-refractivity contribution >= 4 is 39.5 Å². The number of rotatable bonds is 64. The summed E-state index contributed by atoms with van der Waals surface area (Å²) < 4.78 is 67.7. The van der Waals surface area contributed by atoms with E-state index >= 15 is 0 Å². The van der Waals surface area contributed by atoms with E-state index in [1.165, 1.54) is 148 Å². The summed E-state index contributed by atoms with van der Waals surface area (Å²) in [4.78, 5) is 71.8. The Kier molecular flexibility index (Phi) is 56.7. The number of aliphatic hydroxyl groups excluding tert-OH is 1. The predicted octanol–water partition coefficient (Wildman–Crippen LogP) is 17.5. The Bertz CT molecular complexity index is 1590. The summed E-state index contributed by atoms with van der Waals surface area (Å²) in [7, 11) is -9.87. The van der Waals surface area contributed by atoms with E-state index in [9.17, 15) is 43.2 Å². The summed E-state index contributed by atoms with van der Waals surface area (Å²) in [6, 6.07) is 0. The number of esters is 4. The van der Waals surface area contributed by atoms with Gasteiger partial charge in [-0.1, -0.05) is 272 Å². The SMILES string of the molecule is CCCCCCCCCCCCCCCCCCCCCC(=O)O[C@H](COC(=O)CCCCCCCCCCC)COP(=O)(O)OC[C@@H](O)COP(=O)(O)OC[C@@H](COC(=O)CCCCCCC)OC(=O)CCCCCCCCCCC. The lowest BCUT2D eigenvalue weighted by molar-refractivity contribution is -0.161. The number of phosphoric acid groups is 2. The van der Waals surface area contributed by atoms with Gasteiger partial charge in [0.25, 0.3) is 0 Å². The Labute approximate surface area is 498 Å². The first-order chi connectivity index (χ1) is 39.7. The number of carbonyl (C=O) groups excluding carboxylic acids is 4. The highest BCUT2D eigenvalue weighted by atomic mass is 31.2. The van der Waals surface area contributed by atoms with E-state index in [4.69, 9.17) is 37.0 Å². The van der Waals surface area contributed by atoms with E-state index < -0.39 is 97.5 Å². The van der Waals surface area contributed by atoms with Crippen molar-refractivity contribution in [3.8, 4) is 0 Å². The highest BCUT2D eigenvalue weighted by molar-refractivity contribution is 7.47. The van der Waals surface area contributed by atoms with Gasteiger partial charge in [-0.05, 0) is 25.7 Å². The minimum atomic E-state index is -4.94. The van der Waals surface area contributed by atoms with Gasteiger partial charge in [0.1, 0.15) is 19.3 Å². The molecule has 0 radical (unpaired) electrons. The molecule has 0 aliphatic carbocycles. The van der Waals surface area contributed by atoms with Crippen LogP contribution < -0.4 is 0 Å². The van der Waals surface area contributed by atoms with Crippen LogP contribution in [0.1, 0.15) is 323 Å². The smallest absolute Gasteiger partial charge is 0.462 e. The van der Waals surface area contributed by atoms with Crippen molar-refractivity contribution in [1.29, 1.82) is 0 Å². The van der Waals surface area contributed by atoms with E-state index in [1.807, 2.05) is 0 Å². The maximum Gasteiger partial charge on any atom is 0.472 e. The molecule has 0 rings (SSSR count). The highest BCUT2D eigenvalue weighted by Gasteiger charge is 2.30. The number of phosphoric ester groups is 2. The van der Waals surface area contributed by atoms with Crippen molar-refractivity contribution < 1.29 is 80.2 Å². The molecule has 0 aliphatic heterocycles. The summed E-state index contributed by atoms with van der Waals surface area (Å²) in [6.45, 7) is 4.77. The fourth-order valence-electron chi connectivity index (χ4n) is 9.46. The topological polar surface area (TPSA) is 237 Å². The van der Waals surface area contributed by atoms with Gasteiger partial charge in [0.05, 0.1) is 26.4 Å². The fraction of sp³-hybridized carbons (Fsp3) is 0.937. The first-order valence-corrected chi connectivity index (χ1v) is 36.3. The lowest BCUT2D eigenvalue weighted by atomic mass is 10.0. The second kappa shape index (κ2) is 58.1. The van der Waals surface area contributed by atoms with Crippen LogP contribution >= 0.6 is 15.6 Å². The van der Waals surface area contributed by atoms with Gasteiger partial charge in [0, 0.05) is 25.7 Å². The summed E-state index contributed by atoms with van der Waals surface area (Å²) in [5, 5.41) is 10.5. The second-order valence-corrected chi connectivity index (χ2v) is 25.7. The molecule has 0 aromatic rings. The average Bonchev–Trinajstić information content (AvgIpc) is 3.45. The van der Waals surface area contributed by atoms with Crippen LogP contribution in [0.15, 0.2) is 0 Å². The molecule has 0 heterocycles. The van der Waals surface area contributed by atoms with Crippen LogP contribution in [0.25, 0.3) is 0 Å². The summed E-state index contributed by atoms with van der Waals surface area (Å²) >= 11 is 0. The van der Waals surface area contributed by atoms with Crippen LogP contribution in [-0.4, -0.2) is 96.7 Å².